The van der Waals surface area contributed by atoms with Gasteiger partial charge in [0.1, 0.15) is 0 Å². The summed E-state index contributed by atoms with van der Waals surface area (Å²) >= 11 is 7.18. The van der Waals surface area contributed by atoms with Crippen LogP contribution in [-0.2, 0) is 20.4 Å². The second-order valence-electron chi connectivity index (χ2n) is 7.40. The van der Waals surface area contributed by atoms with Crippen molar-refractivity contribution in [2.75, 3.05) is 5.32 Å². The van der Waals surface area contributed by atoms with Gasteiger partial charge in [0, 0.05) is 9.92 Å². The van der Waals surface area contributed by atoms with E-state index in [1.807, 2.05) is 44.2 Å². The number of benzene rings is 3. The second-order valence-corrected chi connectivity index (χ2v) is 10.9. The number of anilines is 1. The minimum Gasteiger partial charge on any atom is -0.320 e. The Balaban J connectivity index is 1.65. The molecule has 4 nitrogen and oxygen atoms in total. The van der Waals surface area contributed by atoms with Gasteiger partial charge in [0.05, 0.1) is 21.2 Å². The number of carbonyl (C=O) groups is 1. The lowest BCUT2D eigenvalue weighted by Crippen LogP contribution is -2.17. The molecule has 0 atom stereocenters. The number of amides is 1. The van der Waals surface area contributed by atoms with Gasteiger partial charge in [-0.05, 0) is 72.5 Å². The van der Waals surface area contributed by atoms with Crippen LogP contribution < -0.4 is 5.32 Å². The molecule has 0 bridgehead atoms. The van der Waals surface area contributed by atoms with Gasteiger partial charge < -0.3 is 5.32 Å². The van der Waals surface area contributed by atoms with Crippen molar-refractivity contribution in [3.63, 3.8) is 0 Å². The Labute approximate surface area is 191 Å². The maximum absolute atomic E-state index is 13.1. The smallest absolute Gasteiger partial charge is 0.262 e. The number of rotatable bonds is 4. The highest BCUT2D eigenvalue weighted by atomic mass is 35.5. The summed E-state index contributed by atoms with van der Waals surface area (Å²) < 4.78 is 26.3. The largest absolute Gasteiger partial charge is 0.320 e. The lowest BCUT2D eigenvalue weighted by molar-refractivity contribution is -0.112. The molecule has 1 aliphatic heterocycles. The predicted molar refractivity (Wildman–Crippen MR) is 127 cm³/mol. The molecule has 0 aromatic heterocycles. The van der Waals surface area contributed by atoms with E-state index >= 15 is 0 Å². The lowest BCUT2D eigenvalue weighted by Gasteiger charge is -2.20. The van der Waals surface area contributed by atoms with Crippen LogP contribution in [0, 0.1) is 13.8 Å². The monoisotopic (exact) mass is 469 g/mol. The van der Waals surface area contributed by atoms with Gasteiger partial charge in [-0.1, -0.05) is 53.7 Å². The zero-order valence-corrected chi connectivity index (χ0v) is 19.4. The highest BCUT2D eigenvalue weighted by molar-refractivity contribution is 8.04. The Morgan fingerprint density at radius 1 is 1.00 bits per heavy atom. The molecule has 0 unspecified atom stereocenters. The summed E-state index contributed by atoms with van der Waals surface area (Å²) in [6, 6.07) is 17.8. The molecular formula is C24H20ClNO3S2. The SMILES string of the molecule is Cc1cccc(C)c1CS(=O)(=O)c1ccc2c(c1)S/C(=C\c1ccc(Cl)cc1)C(=O)N2. The van der Waals surface area contributed by atoms with E-state index in [1.54, 1.807) is 36.4 Å². The standard InChI is InChI=1S/C24H20ClNO3S2/c1-15-4-3-5-16(2)20(15)14-31(28,29)19-10-11-21-22(13-19)30-23(24(27)26-21)12-17-6-8-18(25)9-7-17/h3-13H,14H2,1-2H3,(H,26,27)/b23-12-. The number of halogens is 1. The first-order valence-electron chi connectivity index (χ1n) is 9.61. The first-order chi connectivity index (χ1) is 14.7. The summed E-state index contributed by atoms with van der Waals surface area (Å²) in [6.45, 7) is 3.84. The third kappa shape index (κ3) is 4.71. The molecule has 3 aromatic carbocycles. The minimum atomic E-state index is -3.55. The van der Waals surface area contributed by atoms with Crippen LogP contribution in [-0.4, -0.2) is 14.3 Å². The van der Waals surface area contributed by atoms with E-state index in [-0.39, 0.29) is 16.6 Å². The van der Waals surface area contributed by atoms with Gasteiger partial charge >= 0.3 is 0 Å². The zero-order valence-electron chi connectivity index (χ0n) is 17.0. The first-order valence-corrected chi connectivity index (χ1v) is 12.5. The Kier molecular flexibility index (Phi) is 5.97. The summed E-state index contributed by atoms with van der Waals surface area (Å²) in [6.07, 6.45) is 1.76. The van der Waals surface area contributed by atoms with Crippen molar-refractivity contribution in [3.05, 3.63) is 92.8 Å². The summed E-state index contributed by atoms with van der Waals surface area (Å²) in [5.74, 6) is -0.284. The lowest BCUT2D eigenvalue weighted by atomic mass is 10.1. The molecule has 31 heavy (non-hydrogen) atoms. The maximum Gasteiger partial charge on any atom is 0.262 e. The minimum absolute atomic E-state index is 0.0607. The van der Waals surface area contributed by atoms with E-state index in [9.17, 15) is 13.2 Å². The molecule has 158 valence electrons. The highest BCUT2D eigenvalue weighted by Gasteiger charge is 2.25. The van der Waals surface area contributed by atoms with Crippen LogP contribution in [0.3, 0.4) is 0 Å². The van der Waals surface area contributed by atoms with Gasteiger partial charge in [-0.2, -0.15) is 0 Å². The molecule has 0 saturated heterocycles. The number of carbonyl (C=O) groups excluding carboxylic acids is 1. The molecule has 1 aliphatic rings. The topological polar surface area (TPSA) is 63.2 Å². The van der Waals surface area contributed by atoms with Gasteiger partial charge in [-0.15, -0.1) is 0 Å². The van der Waals surface area contributed by atoms with Crippen LogP contribution in [0.1, 0.15) is 22.3 Å². The third-order valence-corrected chi connectivity index (χ3v) is 8.12. The first kappa shape index (κ1) is 21.7. The molecule has 0 saturated carbocycles. The fourth-order valence-corrected chi connectivity index (χ4v) is 6.15. The van der Waals surface area contributed by atoms with Gasteiger partial charge in [0.2, 0.25) is 0 Å². The van der Waals surface area contributed by atoms with Crippen LogP contribution in [0.25, 0.3) is 6.08 Å². The number of sulfone groups is 1. The zero-order chi connectivity index (χ0) is 22.2. The molecule has 1 heterocycles. The number of nitrogens with one attached hydrogen (secondary N) is 1. The Hall–Kier alpha value is -2.54. The van der Waals surface area contributed by atoms with Crippen molar-refractivity contribution in [2.24, 2.45) is 0 Å². The van der Waals surface area contributed by atoms with Crippen LogP contribution in [0.15, 0.2) is 75.4 Å². The average Bonchev–Trinajstić information content (AvgIpc) is 2.73. The van der Waals surface area contributed by atoms with Gasteiger partial charge in [-0.25, -0.2) is 8.42 Å². The molecule has 1 amide bonds. The highest BCUT2D eigenvalue weighted by Crippen LogP contribution is 2.40. The Bertz CT molecular complexity index is 1290. The van der Waals surface area contributed by atoms with Crippen LogP contribution in [0.2, 0.25) is 5.02 Å². The van der Waals surface area contributed by atoms with Crippen molar-refractivity contribution in [2.45, 2.75) is 29.4 Å². The predicted octanol–water partition coefficient (Wildman–Crippen LogP) is 6.02. The summed E-state index contributed by atoms with van der Waals surface area (Å²) in [5, 5.41) is 3.46. The number of aryl methyl sites for hydroxylation is 2. The van der Waals surface area contributed by atoms with E-state index in [2.05, 4.69) is 5.32 Å². The normalized spacial score (nSPS) is 14.9. The Morgan fingerprint density at radius 3 is 2.35 bits per heavy atom. The van der Waals surface area contributed by atoms with Crippen molar-refractivity contribution < 1.29 is 13.2 Å². The molecule has 3 aromatic rings. The molecule has 0 radical (unpaired) electrons. The van der Waals surface area contributed by atoms with Gasteiger partial charge in [0.25, 0.3) is 5.91 Å². The van der Waals surface area contributed by atoms with Crippen LogP contribution in [0.4, 0.5) is 5.69 Å². The quantitative estimate of drug-likeness (QED) is 0.475. The van der Waals surface area contributed by atoms with Crippen molar-refractivity contribution in [1.29, 1.82) is 0 Å². The summed E-state index contributed by atoms with van der Waals surface area (Å²) in [7, 11) is -3.55. The van der Waals surface area contributed by atoms with Crippen LogP contribution >= 0.6 is 23.4 Å². The molecule has 0 aliphatic carbocycles. The number of hydrogen-bond acceptors (Lipinski definition) is 4. The molecule has 7 heteroatoms. The molecule has 0 spiro atoms. The fourth-order valence-electron chi connectivity index (χ4n) is 3.39. The van der Waals surface area contributed by atoms with E-state index in [0.29, 0.717) is 20.5 Å². The van der Waals surface area contributed by atoms with Crippen molar-refractivity contribution in [1.82, 2.24) is 0 Å². The van der Waals surface area contributed by atoms with E-state index in [4.69, 9.17) is 11.6 Å². The molecule has 0 fully saturated rings. The summed E-state index contributed by atoms with van der Waals surface area (Å²) in [4.78, 5) is 13.9. The third-order valence-electron chi connectivity index (χ3n) is 5.15. The fraction of sp³-hybridized carbons (Fsp3) is 0.125. The van der Waals surface area contributed by atoms with E-state index in [0.717, 1.165) is 22.3 Å². The number of fused-ring (bicyclic) bond motifs is 1. The van der Waals surface area contributed by atoms with Gasteiger partial charge in [0.15, 0.2) is 9.84 Å². The maximum atomic E-state index is 13.1. The summed E-state index contributed by atoms with van der Waals surface area (Å²) in [5.41, 5.74) is 4.18. The molecule has 4 rings (SSSR count). The molecule has 1 N–H and O–H groups in total. The average molecular weight is 470 g/mol. The van der Waals surface area contributed by atoms with Crippen molar-refractivity contribution >= 4 is 50.9 Å². The van der Waals surface area contributed by atoms with E-state index in [1.165, 1.54) is 11.8 Å². The second kappa shape index (κ2) is 8.54. The molecular weight excluding hydrogens is 450 g/mol. The van der Waals surface area contributed by atoms with Crippen LogP contribution in [0.5, 0.6) is 0 Å². The van der Waals surface area contributed by atoms with E-state index < -0.39 is 9.84 Å². The number of hydrogen-bond donors (Lipinski definition) is 1. The Morgan fingerprint density at radius 2 is 1.68 bits per heavy atom. The number of thioether (sulfide) groups is 1. The van der Waals surface area contributed by atoms with Crippen molar-refractivity contribution in [3.8, 4) is 0 Å². The van der Waals surface area contributed by atoms with Gasteiger partial charge in [-0.3, -0.25) is 4.79 Å².